The van der Waals surface area contributed by atoms with Crippen molar-refractivity contribution in [1.29, 1.82) is 0 Å². The predicted octanol–water partition coefficient (Wildman–Crippen LogP) is 1.58. The lowest BCUT2D eigenvalue weighted by atomic mass is 10.5. The molecule has 0 spiro atoms. The van der Waals surface area contributed by atoms with E-state index in [0.717, 1.165) is 13.0 Å². The van der Waals surface area contributed by atoms with Crippen molar-refractivity contribution in [2.24, 2.45) is 0 Å². The summed E-state index contributed by atoms with van der Waals surface area (Å²) in [7, 11) is 0. The van der Waals surface area contributed by atoms with Gasteiger partial charge in [0.25, 0.3) is 0 Å². The molecule has 0 atom stereocenters. The lowest BCUT2D eigenvalue weighted by molar-refractivity contribution is -0.291. The Morgan fingerprint density at radius 1 is 0.765 bits per heavy atom. The molecule has 102 valence electrons. The van der Waals surface area contributed by atoms with E-state index in [9.17, 15) is 0 Å². The fourth-order valence-electron chi connectivity index (χ4n) is 0.934. The van der Waals surface area contributed by atoms with Gasteiger partial charge in [0.2, 0.25) is 0 Å². The van der Waals surface area contributed by atoms with Crippen molar-refractivity contribution in [3.63, 3.8) is 0 Å². The van der Waals surface area contributed by atoms with Gasteiger partial charge in [0, 0.05) is 6.61 Å². The Kier molecular flexibility index (Phi) is 15.1. The predicted molar refractivity (Wildman–Crippen MR) is 64.8 cm³/mol. The van der Waals surface area contributed by atoms with Crippen molar-refractivity contribution in [1.82, 2.24) is 0 Å². The summed E-state index contributed by atoms with van der Waals surface area (Å²) in [6, 6.07) is 0. The van der Waals surface area contributed by atoms with E-state index in [0.29, 0.717) is 46.2 Å². The van der Waals surface area contributed by atoms with Crippen LogP contribution in [0.25, 0.3) is 0 Å². The minimum absolute atomic E-state index is 0.390. The molecule has 0 aromatic carbocycles. The van der Waals surface area contributed by atoms with Crippen LogP contribution in [-0.2, 0) is 24.0 Å². The summed E-state index contributed by atoms with van der Waals surface area (Å²) in [5.74, 6) is 0. The van der Waals surface area contributed by atoms with Crippen molar-refractivity contribution in [3.05, 3.63) is 12.7 Å². The molecule has 0 unspecified atom stereocenters. The topological polar surface area (TPSA) is 46.2 Å². The molecule has 0 rings (SSSR count). The fourth-order valence-corrected chi connectivity index (χ4v) is 0.934. The minimum Gasteiger partial charge on any atom is -0.379 e. The zero-order valence-corrected chi connectivity index (χ0v) is 10.7. The van der Waals surface area contributed by atoms with Gasteiger partial charge in [-0.1, -0.05) is 13.0 Å². The van der Waals surface area contributed by atoms with Crippen LogP contribution in [0.1, 0.15) is 13.3 Å². The molecule has 0 aliphatic heterocycles. The normalized spacial score (nSPS) is 10.6. The maximum atomic E-state index is 5.29. The van der Waals surface area contributed by atoms with Gasteiger partial charge in [0.05, 0.1) is 33.0 Å². The second-order valence-corrected chi connectivity index (χ2v) is 3.23. The van der Waals surface area contributed by atoms with Crippen LogP contribution >= 0.6 is 0 Å². The highest BCUT2D eigenvalue weighted by Crippen LogP contribution is 1.84. The molecule has 17 heavy (non-hydrogen) atoms. The summed E-state index contributed by atoms with van der Waals surface area (Å²) in [5.41, 5.74) is 0. The summed E-state index contributed by atoms with van der Waals surface area (Å²) in [5, 5.41) is 0. The van der Waals surface area contributed by atoms with Crippen LogP contribution in [0, 0.1) is 0 Å². The molecule has 0 fully saturated rings. The highest BCUT2D eigenvalue weighted by molar-refractivity contribution is 4.62. The van der Waals surface area contributed by atoms with Crippen LogP contribution in [0.3, 0.4) is 0 Å². The van der Waals surface area contributed by atoms with Gasteiger partial charge < -0.3 is 14.2 Å². The Morgan fingerprint density at radius 2 is 1.29 bits per heavy atom. The van der Waals surface area contributed by atoms with E-state index in [1.807, 2.05) is 0 Å². The molecule has 0 aliphatic carbocycles. The van der Waals surface area contributed by atoms with E-state index >= 15 is 0 Å². The Labute approximate surface area is 104 Å². The fraction of sp³-hybridized carbons (Fsp3) is 0.833. The van der Waals surface area contributed by atoms with Crippen molar-refractivity contribution < 1.29 is 24.0 Å². The first-order valence-corrected chi connectivity index (χ1v) is 6.00. The molecule has 0 N–H and O–H groups in total. The van der Waals surface area contributed by atoms with Crippen LogP contribution in [0.2, 0.25) is 0 Å². The van der Waals surface area contributed by atoms with Crippen molar-refractivity contribution >= 4 is 0 Å². The molecule has 0 bridgehead atoms. The zero-order chi connectivity index (χ0) is 12.6. The highest BCUT2D eigenvalue weighted by atomic mass is 17.2. The Balaban J connectivity index is 2.87. The van der Waals surface area contributed by atoms with Crippen LogP contribution < -0.4 is 0 Å². The number of hydrogen-bond acceptors (Lipinski definition) is 5. The molecule has 0 saturated heterocycles. The minimum atomic E-state index is 0.390. The monoisotopic (exact) mass is 248 g/mol. The highest BCUT2D eigenvalue weighted by Gasteiger charge is 1.92. The maximum absolute atomic E-state index is 5.29. The first kappa shape index (κ1) is 16.5. The Hall–Kier alpha value is -0.460. The number of hydrogen-bond donors (Lipinski definition) is 0. The van der Waals surface area contributed by atoms with Gasteiger partial charge in [-0.3, -0.25) is 0 Å². The zero-order valence-electron chi connectivity index (χ0n) is 10.7. The van der Waals surface area contributed by atoms with Gasteiger partial charge in [-0.25, -0.2) is 9.78 Å². The van der Waals surface area contributed by atoms with Gasteiger partial charge in [-0.05, 0) is 6.42 Å². The van der Waals surface area contributed by atoms with Crippen LogP contribution in [0.4, 0.5) is 0 Å². The largest absolute Gasteiger partial charge is 0.379 e. The van der Waals surface area contributed by atoms with Gasteiger partial charge in [0.1, 0.15) is 13.2 Å². The summed E-state index contributed by atoms with van der Waals surface area (Å²) in [6.07, 6.45) is 2.66. The second-order valence-electron chi connectivity index (χ2n) is 3.23. The van der Waals surface area contributed by atoms with E-state index in [-0.39, 0.29) is 0 Å². The molecule has 0 aromatic rings. The quantitative estimate of drug-likeness (QED) is 0.202. The second kappa shape index (κ2) is 15.5. The average molecular weight is 248 g/mol. The molecule has 0 aromatic heterocycles. The van der Waals surface area contributed by atoms with Crippen LogP contribution in [-0.4, -0.2) is 52.9 Å². The van der Waals surface area contributed by atoms with E-state index < -0.39 is 0 Å². The third kappa shape index (κ3) is 15.5. The molecule has 5 heteroatoms. The molecule has 5 nitrogen and oxygen atoms in total. The lowest BCUT2D eigenvalue weighted by Crippen LogP contribution is -2.12. The third-order valence-electron chi connectivity index (χ3n) is 1.67. The molecular weight excluding hydrogens is 224 g/mol. The number of ether oxygens (including phenoxy) is 3. The summed E-state index contributed by atoms with van der Waals surface area (Å²) < 4.78 is 15.8. The van der Waals surface area contributed by atoms with E-state index in [2.05, 4.69) is 13.5 Å². The van der Waals surface area contributed by atoms with Crippen LogP contribution in [0.15, 0.2) is 12.7 Å². The van der Waals surface area contributed by atoms with Gasteiger partial charge in [-0.15, -0.1) is 6.58 Å². The third-order valence-corrected chi connectivity index (χ3v) is 1.67. The molecular formula is C12H24O5. The van der Waals surface area contributed by atoms with E-state index in [1.165, 1.54) is 0 Å². The molecule has 0 aliphatic rings. The van der Waals surface area contributed by atoms with Gasteiger partial charge in [0.15, 0.2) is 0 Å². The van der Waals surface area contributed by atoms with Crippen molar-refractivity contribution in [2.75, 3.05) is 52.9 Å². The first-order valence-electron chi connectivity index (χ1n) is 6.00. The van der Waals surface area contributed by atoms with E-state index in [1.54, 1.807) is 6.08 Å². The van der Waals surface area contributed by atoms with Crippen molar-refractivity contribution in [3.8, 4) is 0 Å². The Morgan fingerprint density at radius 3 is 1.82 bits per heavy atom. The average Bonchev–Trinajstić information content (AvgIpc) is 2.35. The van der Waals surface area contributed by atoms with Gasteiger partial charge >= 0.3 is 0 Å². The summed E-state index contributed by atoms with van der Waals surface area (Å²) in [4.78, 5) is 9.51. The standard InChI is InChI=1S/C12H24O5/c1-3-5-13-7-8-14-9-10-15-11-12-17-16-6-4-2/h4H,2-3,5-12H2,1H3. The number of rotatable bonds is 14. The maximum Gasteiger partial charge on any atom is 0.106 e. The summed E-state index contributed by atoms with van der Waals surface area (Å²) in [6.45, 7) is 10.0. The van der Waals surface area contributed by atoms with E-state index in [4.69, 9.17) is 24.0 Å². The van der Waals surface area contributed by atoms with Crippen LogP contribution in [0.5, 0.6) is 0 Å². The molecule has 0 amide bonds. The SMILES string of the molecule is C=CCOOCCOCCOCCOCCC. The smallest absolute Gasteiger partial charge is 0.106 e. The van der Waals surface area contributed by atoms with Crippen molar-refractivity contribution in [2.45, 2.75) is 13.3 Å². The molecule has 0 radical (unpaired) electrons. The molecule has 0 saturated carbocycles. The lowest BCUT2D eigenvalue weighted by Gasteiger charge is -2.06. The Bertz CT molecular complexity index is 152. The first-order chi connectivity index (χ1) is 8.41. The molecule has 0 heterocycles. The summed E-state index contributed by atoms with van der Waals surface area (Å²) >= 11 is 0. The van der Waals surface area contributed by atoms with Gasteiger partial charge in [-0.2, -0.15) is 0 Å².